The fourth-order valence-corrected chi connectivity index (χ4v) is 3.68. The first-order chi connectivity index (χ1) is 13.0. The Morgan fingerprint density at radius 2 is 2.04 bits per heavy atom. The van der Waals surface area contributed by atoms with E-state index in [9.17, 15) is 4.79 Å². The Balaban J connectivity index is 1.65. The van der Waals surface area contributed by atoms with Gasteiger partial charge in [-0.25, -0.2) is 5.10 Å². The maximum atomic E-state index is 12.6. The van der Waals surface area contributed by atoms with E-state index < -0.39 is 0 Å². The molecule has 8 heteroatoms. The maximum Gasteiger partial charge on any atom is 0.216 e. The number of carbonyl (C=O) groups excluding carboxylic acids is 1. The van der Waals surface area contributed by atoms with E-state index in [4.69, 9.17) is 10.5 Å². The van der Waals surface area contributed by atoms with Crippen LogP contribution in [0.5, 0.6) is 5.75 Å². The molecule has 0 aliphatic rings. The molecule has 3 aromatic rings. The zero-order chi connectivity index (χ0) is 19.4. The van der Waals surface area contributed by atoms with Gasteiger partial charge in [-0.2, -0.15) is 4.98 Å². The topological polar surface area (TPSA) is 98.8 Å². The summed E-state index contributed by atoms with van der Waals surface area (Å²) in [7, 11) is 1.66. The second-order valence-electron chi connectivity index (χ2n) is 6.25. The van der Waals surface area contributed by atoms with Crippen molar-refractivity contribution in [2.45, 2.75) is 32.0 Å². The number of nitrogens with two attached hydrogens (primary N) is 1. The second kappa shape index (κ2) is 8.30. The summed E-state index contributed by atoms with van der Waals surface area (Å²) in [5, 5.41) is 6.99. The largest absolute Gasteiger partial charge is 0.497 e. The van der Waals surface area contributed by atoms with Crippen molar-refractivity contribution < 1.29 is 9.53 Å². The van der Waals surface area contributed by atoms with E-state index in [1.54, 1.807) is 7.11 Å². The molecule has 0 saturated carbocycles. The Kier molecular flexibility index (Phi) is 5.85. The van der Waals surface area contributed by atoms with Crippen LogP contribution in [0.3, 0.4) is 0 Å². The van der Waals surface area contributed by atoms with Gasteiger partial charge in [0.25, 0.3) is 0 Å². The fraction of sp³-hybridized carbons (Fsp3) is 0.316. The number of aryl methyl sites for hydroxylation is 2. The van der Waals surface area contributed by atoms with Crippen molar-refractivity contribution in [3.8, 4) is 5.75 Å². The molecule has 0 saturated heterocycles. The predicted molar refractivity (Wildman–Crippen MR) is 106 cm³/mol. The van der Waals surface area contributed by atoms with Crippen LogP contribution in [0, 0.1) is 13.8 Å². The molecule has 0 atom stereocenters. The van der Waals surface area contributed by atoms with Crippen LogP contribution in [0.1, 0.15) is 27.3 Å². The van der Waals surface area contributed by atoms with E-state index in [0.717, 1.165) is 35.7 Å². The fourth-order valence-electron chi connectivity index (χ4n) is 2.99. The molecule has 3 N–H and O–H groups in total. The first-order valence-corrected chi connectivity index (χ1v) is 9.60. The molecule has 27 heavy (non-hydrogen) atoms. The number of methoxy groups -OCH3 is 1. The Hall–Kier alpha value is -2.74. The number of benzene rings is 1. The highest BCUT2D eigenvalue weighted by molar-refractivity contribution is 7.99. The molecule has 1 aromatic carbocycles. The van der Waals surface area contributed by atoms with Gasteiger partial charge in [-0.05, 0) is 44.0 Å². The molecule has 7 nitrogen and oxygen atoms in total. The highest BCUT2D eigenvalue weighted by Crippen LogP contribution is 2.21. The highest BCUT2D eigenvalue weighted by atomic mass is 32.2. The van der Waals surface area contributed by atoms with Crippen LogP contribution in [-0.2, 0) is 13.0 Å². The molecule has 142 valence electrons. The number of nitrogens with zero attached hydrogens (tertiary/aromatic N) is 3. The number of thioether (sulfide) groups is 1. The van der Waals surface area contributed by atoms with E-state index >= 15 is 0 Å². The molecule has 0 radical (unpaired) electrons. The summed E-state index contributed by atoms with van der Waals surface area (Å²) in [5.41, 5.74) is 9.55. The number of carbonyl (C=O) groups is 1. The van der Waals surface area contributed by atoms with Crippen molar-refractivity contribution in [3.05, 3.63) is 52.8 Å². The number of Topliss-reactive ketones (excluding diaryl/α,β-unsaturated/α-hetero) is 1. The summed E-state index contributed by atoms with van der Waals surface area (Å²) >= 11 is 1.28. The number of nitrogens with one attached hydrogen (secondary N) is 1. The minimum absolute atomic E-state index is 0.0622. The zero-order valence-corrected chi connectivity index (χ0v) is 16.5. The Bertz CT molecular complexity index is 930. The minimum atomic E-state index is 0.0622. The van der Waals surface area contributed by atoms with Crippen molar-refractivity contribution in [3.63, 3.8) is 0 Å². The summed E-state index contributed by atoms with van der Waals surface area (Å²) < 4.78 is 7.38. The SMILES string of the molecule is COc1ccc(CCn2c(C)cc(C(=O)CSc3n[nH]c(N)n3)c2C)cc1. The lowest BCUT2D eigenvalue weighted by molar-refractivity contribution is 0.102. The molecule has 0 spiro atoms. The molecule has 0 aliphatic heterocycles. The van der Waals surface area contributed by atoms with E-state index in [2.05, 4.69) is 31.9 Å². The van der Waals surface area contributed by atoms with Gasteiger partial charge in [-0.3, -0.25) is 4.79 Å². The highest BCUT2D eigenvalue weighted by Gasteiger charge is 2.16. The maximum absolute atomic E-state index is 12.6. The van der Waals surface area contributed by atoms with Crippen molar-refractivity contribution in [2.75, 3.05) is 18.6 Å². The van der Waals surface area contributed by atoms with Crippen LogP contribution in [0.4, 0.5) is 5.95 Å². The number of nitrogen functional groups attached to an aromatic ring is 1. The number of H-pyrrole nitrogens is 1. The first-order valence-electron chi connectivity index (χ1n) is 8.61. The van der Waals surface area contributed by atoms with Crippen LogP contribution >= 0.6 is 11.8 Å². The monoisotopic (exact) mass is 385 g/mol. The van der Waals surface area contributed by atoms with Gasteiger partial charge >= 0.3 is 0 Å². The smallest absolute Gasteiger partial charge is 0.216 e. The third kappa shape index (κ3) is 4.51. The number of hydrogen-bond donors (Lipinski definition) is 2. The Morgan fingerprint density at radius 1 is 1.30 bits per heavy atom. The van der Waals surface area contributed by atoms with E-state index in [0.29, 0.717) is 5.16 Å². The number of ketones is 1. The van der Waals surface area contributed by atoms with Crippen LogP contribution in [-0.4, -0.2) is 38.4 Å². The number of aromatic amines is 1. The van der Waals surface area contributed by atoms with Gasteiger partial charge in [0.2, 0.25) is 11.1 Å². The van der Waals surface area contributed by atoms with Crippen molar-refractivity contribution >= 4 is 23.5 Å². The normalized spacial score (nSPS) is 10.9. The van der Waals surface area contributed by atoms with E-state index in [-0.39, 0.29) is 17.5 Å². The second-order valence-corrected chi connectivity index (χ2v) is 7.19. The molecule has 0 aliphatic carbocycles. The summed E-state index contributed by atoms with van der Waals surface area (Å²) in [6.07, 6.45) is 0.888. The quantitative estimate of drug-likeness (QED) is 0.457. The predicted octanol–water partition coefficient (Wildman–Crippen LogP) is 3.03. The average Bonchev–Trinajstić information content (AvgIpc) is 3.21. The Morgan fingerprint density at radius 3 is 2.67 bits per heavy atom. The number of rotatable bonds is 8. The molecule has 3 rings (SSSR count). The molecule has 0 bridgehead atoms. The summed E-state index contributed by atoms with van der Waals surface area (Å²) in [6, 6.07) is 10.0. The van der Waals surface area contributed by atoms with Gasteiger partial charge in [0.05, 0.1) is 12.9 Å². The average molecular weight is 385 g/mol. The summed E-state index contributed by atoms with van der Waals surface area (Å²) in [6.45, 7) is 4.84. The minimum Gasteiger partial charge on any atom is -0.497 e. The van der Waals surface area contributed by atoms with Gasteiger partial charge in [-0.15, -0.1) is 5.10 Å². The number of ether oxygens (including phenoxy) is 1. The van der Waals surface area contributed by atoms with Crippen molar-refractivity contribution in [1.29, 1.82) is 0 Å². The molecule has 0 fully saturated rings. The molecular weight excluding hydrogens is 362 g/mol. The lowest BCUT2D eigenvalue weighted by Crippen LogP contribution is -2.08. The van der Waals surface area contributed by atoms with Gasteiger partial charge in [-0.1, -0.05) is 23.9 Å². The first kappa shape index (κ1) is 19.0. The number of aromatic nitrogens is 4. The molecule has 2 aromatic heterocycles. The van der Waals surface area contributed by atoms with Crippen molar-refractivity contribution in [2.24, 2.45) is 0 Å². The van der Waals surface area contributed by atoms with Crippen LogP contribution in [0.25, 0.3) is 0 Å². The van der Waals surface area contributed by atoms with E-state index in [1.165, 1.54) is 17.3 Å². The lowest BCUT2D eigenvalue weighted by atomic mass is 10.1. The van der Waals surface area contributed by atoms with Gasteiger partial charge in [0, 0.05) is 23.5 Å². The zero-order valence-electron chi connectivity index (χ0n) is 15.7. The third-order valence-corrected chi connectivity index (χ3v) is 5.32. The van der Waals surface area contributed by atoms with Gasteiger partial charge in [0.15, 0.2) is 5.78 Å². The van der Waals surface area contributed by atoms with E-state index in [1.807, 2.05) is 32.0 Å². The molecular formula is C19H23N5O2S. The van der Waals surface area contributed by atoms with Gasteiger partial charge in [0.1, 0.15) is 5.75 Å². The molecule has 0 amide bonds. The van der Waals surface area contributed by atoms with Gasteiger partial charge < -0.3 is 15.0 Å². The van der Waals surface area contributed by atoms with Crippen LogP contribution in [0.15, 0.2) is 35.5 Å². The lowest BCUT2D eigenvalue weighted by Gasteiger charge is -2.10. The summed E-state index contributed by atoms with van der Waals surface area (Å²) in [4.78, 5) is 16.6. The van der Waals surface area contributed by atoms with Crippen LogP contribution in [0.2, 0.25) is 0 Å². The Labute approximate surface area is 162 Å². The third-order valence-electron chi connectivity index (χ3n) is 4.47. The molecule has 2 heterocycles. The summed E-state index contributed by atoms with van der Waals surface area (Å²) in [5.74, 6) is 1.44. The van der Waals surface area contributed by atoms with Crippen LogP contribution < -0.4 is 10.5 Å². The number of hydrogen-bond acceptors (Lipinski definition) is 6. The molecule has 0 unspecified atom stereocenters. The number of anilines is 1. The standard InChI is InChI=1S/C19H23N5O2S/c1-12-10-16(17(25)11-27-19-21-18(20)22-23-19)13(2)24(12)9-8-14-4-6-15(26-3)7-5-14/h4-7,10H,8-9,11H2,1-3H3,(H3,20,21,22,23). The van der Waals surface area contributed by atoms with Crippen molar-refractivity contribution in [1.82, 2.24) is 19.7 Å².